The van der Waals surface area contributed by atoms with Crippen molar-refractivity contribution >= 4 is 29.4 Å². The normalized spacial score (nSPS) is 20.3. The lowest BCUT2D eigenvalue weighted by molar-refractivity contribution is -0.134. The first-order valence-corrected chi connectivity index (χ1v) is 9.11. The van der Waals surface area contributed by atoms with Crippen LogP contribution in [0.1, 0.15) is 30.7 Å². The van der Waals surface area contributed by atoms with Gasteiger partial charge in [0.05, 0.1) is 20.6 Å². The number of ether oxygens (including phenoxy) is 2. The summed E-state index contributed by atoms with van der Waals surface area (Å²) in [4.78, 5) is 36.9. The topological polar surface area (TPSA) is 97.0 Å². The van der Waals surface area contributed by atoms with Crippen LogP contribution in [0.15, 0.2) is 12.1 Å². The van der Waals surface area contributed by atoms with Gasteiger partial charge in [0.25, 0.3) is 5.91 Å². The van der Waals surface area contributed by atoms with Crippen LogP contribution in [0.3, 0.4) is 0 Å². The number of rotatable bonds is 5. The number of halogens is 1. The molecule has 0 aromatic heterocycles. The minimum absolute atomic E-state index is 0.0230. The zero-order valence-electron chi connectivity index (χ0n) is 15.2. The van der Waals surface area contributed by atoms with Gasteiger partial charge in [-0.2, -0.15) is 0 Å². The number of urea groups is 1. The van der Waals surface area contributed by atoms with Crippen LogP contribution < -0.4 is 20.1 Å². The molecule has 146 valence electrons. The number of hydrogen-bond donors (Lipinski definition) is 2. The Morgan fingerprint density at radius 2 is 1.78 bits per heavy atom. The largest absolute Gasteiger partial charge is 0.495 e. The van der Waals surface area contributed by atoms with E-state index in [-0.39, 0.29) is 18.2 Å². The Morgan fingerprint density at radius 3 is 2.26 bits per heavy atom. The molecule has 0 bridgehead atoms. The van der Waals surface area contributed by atoms with Crippen molar-refractivity contribution in [1.29, 1.82) is 0 Å². The predicted molar refractivity (Wildman–Crippen MR) is 98.2 cm³/mol. The third kappa shape index (κ3) is 4.10. The summed E-state index contributed by atoms with van der Waals surface area (Å²) in [7, 11) is 3.12. The smallest absolute Gasteiger partial charge is 0.322 e. The lowest BCUT2D eigenvalue weighted by atomic mass is 9.89. The molecule has 27 heavy (non-hydrogen) atoms. The maximum absolute atomic E-state index is 12.4. The monoisotopic (exact) mass is 395 g/mol. The number of piperidine rings is 1. The molecule has 0 aliphatic carbocycles. The lowest BCUT2D eigenvalue weighted by Gasteiger charge is -2.33. The number of carbonyl (C=O) groups is 3. The van der Waals surface area contributed by atoms with E-state index in [4.69, 9.17) is 21.1 Å². The SMILES string of the molecule is COc1cc(C2CCN(C(=O)CC3NC(=O)NC3=O)CC2)cc(OC)c1Cl. The van der Waals surface area contributed by atoms with E-state index >= 15 is 0 Å². The van der Waals surface area contributed by atoms with Crippen LogP contribution in [0, 0.1) is 0 Å². The highest BCUT2D eigenvalue weighted by Crippen LogP contribution is 2.39. The van der Waals surface area contributed by atoms with Gasteiger partial charge in [-0.25, -0.2) is 4.79 Å². The summed E-state index contributed by atoms with van der Waals surface area (Å²) in [6, 6.07) is 2.48. The number of amides is 4. The molecule has 2 aliphatic heterocycles. The molecule has 4 amide bonds. The molecule has 2 saturated heterocycles. The average Bonchev–Trinajstić information content (AvgIpc) is 2.99. The van der Waals surface area contributed by atoms with Gasteiger partial charge >= 0.3 is 6.03 Å². The Labute approximate surface area is 162 Å². The van der Waals surface area contributed by atoms with Crippen molar-refractivity contribution in [3.8, 4) is 11.5 Å². The zero-order valence-corrected chi connectivity index (χ0v) is 16.0. The van der Waals surface area contributed by atoms with E-state index in [1.54, 1.807) is 19.1 Å². The van der Waals surface area contributed by atoms with Crippen LogP contribution in [-0.4, -0.2) is 56.1 Å². The summed E-state index contributed by atoms with van der Waals surface area (Å²) in [6.07, 6.45) is 1.54. The number of likely N-dealkylation sites (tertiary alicyclic amines) is 1. The number of nitrogens with one attached hydrogen (secondary N) is 2. The van der Waals surface area contributed by atoms with Gasteiger partial charge < -0.3 is 19.7 Å². The summed E-state index contributed by atoms with van der Waals surface area (Å²) >= 11 is 6.22. The van der Waals surface area contributed by atoms with Crippen molar-refractivity contribution < 1.29 is 23.9 Å². The fraction of sp³-hybridized carbons (Fsp3) is 0.500. The summed E-state index contributed by atoms with van der Waals surface area (Å²) < 4.78 is 10.6. The summed E-state index contributed by atoms with van der Waals surface area (Å²) in [6.45, 7) is 1.16. The van der Waals surface area contributed by atoms with Gasteiger partial charge in [-0.3, -0.25) is 14.9 Å². The van der Waals surface area contributed by atoms with Gasteiger partial charge in [0, 0.05) is 13.1 Å². The Morgan fingerprint density at radius 1 is 1.19 bits per heavy atom. The number of methoxy groups -OCH3 is 2. The van der Waals surface area contributed by atoms with E-state index in [0.717, 1.165) is 18.4 Å². The zero-order chi connectivity index (χ0) is 19.6. The molecular formula is C18H22ClN3O5. The maximum Gasteiger partial charge on any atom is 0.322 e. The van der Waals surface area contributed by atoms with E-state index < -0.39 is 18.0 Å². The lowest BCUT2D eigenvalue weighted by Crippen LogP contribution is -2.42. The first kappa shape index (κ1) is 19.3. The Bertz CT molecular complexity index is 736. The molecule has 2 heterocycles. The first-order chi connectivity index (χ1) is 12.9. The Balaban J connectivity index is 1.61. The van der Waals surface area contributed by atoms with Gasteiger partial charge in [0.1, 0.15) is 22.6 Å². The standard InChI is InChI=1S/C18H22ClN3O5/c1-26-13-7-11(8-14(27-2)16(13)19)10-3-5-22(6-4-10)15(23)9-12-17(24)21-18(25)20-12/h7-8,10,12H,3-6,9H2,1-2H3,(H2,20,21,24,25). The molecule has 0 saturated carbocycles. The van der Waals surface area contributed by atoms with Crippen LogP contribution >= 0.6 is 11.6 Å². The number of carbonyl (C=O) groups excluding carboxylic acids is 3. The molecule has 0 spiro atoms. The summed E-state index contributed by atoms with van der Waals surface area (Å²) in [5, 5.41) is 5.03. The Kier molecular flexibility index (Phi) is 5.74. The van der Waals surface area contributed by atoms with Crippen molar-refractivity contribution in [3.63, 3.8) is 0 Å². The minimum Gasteiger partial charge on any atom is -0.495 e. The van der Waals surface area contributed by atoms with Crippen LogP contribution in [0.5, 0.6) is 11.5 Å². The quantitative estimate of drug-likeness (QED) is 0.739. The number of benzene rings is 1. The fourth-order valence-electron chi connectivity index (χ4n) is 3.49. The number of hydrogen-bond acceptors (Lipinski definition) is 5. The molecule has 8 nitrogen and oxygen atoms in total. The van der Waals surface area contributed by atoms with Gasteiger partial charge in [-0.1, -0.05) is 11.6 Å². The van der Waals surface area contributed by atoms with Gasteiger partial charge in [0.2, 0.25) is 5.91 Å². The highest BCUT2D eigenvalue weighted by Gasteiger charge is 2.33. The van der Waals surface area contributed by atoms with Crippen molar-refractivity contribution in [1.82, 2.24) is 15.5 Å². The molecule has 3 rings (SSSR count). The number of imide groups is 1. The third-order valence-electron chi connectivity index (χ3n) is 5.02. The summed E-state index contributed by atoms with van der Waals surface area (Å²) in [5.74, 6) is 0.786. The van der Waals surface area contributed by atoms with Crippen LogP contribution in [-0.2, 0) is 9.59 Å². The molecule has 9 heteroatoms. The predicted octanol–water partition coefficient (Wildman–Crippen LogP) is 1.66. The van der Waals surface area contributed by atoms with Crippen molar-refractivity contribution in [2.45, 2.75) is 31.2 Å². The highest BCUT2D eigenvalue weighted by atomic mass is 35.5. The molecule has 2 aliphatic rings. The van der Waals surface area contributed by atoms with Gasteiger partial charge in [-0.15, -0.1) is 0 Å². The fourth-order valence-corrected chi connectivity index (χ4v) is 3.76. The second-order valence-electron chi connectivity index (χ2n) is 6.61. The molecule has 2 fully saturated rings. The third-order valence-corrected chi connectivity index (χ3v) is 5.40. The second kappa shape index (κ2) is 8.04. The van der Waals surface area contributed by atoms with Gasteiger partial charge in [-0.05, 0) is 36.5 Å². The minimum atomic E-state index is -0.785. The molecule has 2 N–H and O–H groups in total. The molecule has 1 unspecified atom stereocenters. The highest BCUT2D eigenvalue weighted by molar-refractivity contribution is 6.33. The second-order valence-corrected chi connectivity index (χ2v) is 6.99. The number of nitrogens with zero attached hydrogens (tertiary/aromatic N) is 1. The Hall–Kier alpha value is -2.48. The molecule has 1 atom stereocenters. The van der Waals surface area contributed by atoms with E-state index in [9.17, 15) is 14.4 Å². The summed E-state index contributed by atoms with van der Waals surface area (Å²) in [5.41, 5.74) is 1.06. The molecule has 1 aromatic carbocycles. The van der Waals surface area contributed by atoms with Crippen molar-refractivity contribution in [3.05, 3.63) is 22.7 Å². The van der Waals surface area contributed by atoms with E-state index in [2.05, 4.69) is 10.6 Å². The van der Waals surface area contributed by atoms with Crippen LogP contribution in [0.25, 0.3) is 0 Å². The van der Waals surface area contributed by atoms with Gasteiger partial charge in [0.15, 0.2) is 0 Å². The van der Waals surface area contributed by atoms with Crippen LogP contribution in [0.2, 0.25) is 5.02 Å². The van der Waals surface area contributed by atoms with E-state index in [1.807, 2.05) is 12.1 Å². The average molecular weight is 396 g/mol. The molecule has 0 radical (unpaired) electrons. The van der Waals surface area contributed by atoms with Crippen LogP contribution in [0.4, 0.5) is 4.79 Å². The van der Waals surface area contributed by atoms with E-state index in [0.29, 0.717) is 29.6 Å². The molecule has 1 aromatic rings. The maximum atomic E-state index is 12.4. The van der Waals surface area contributed by atoms with Crippen molar-refractivity contribution in [2.24, 2.45) is 0 Å². The van der Waals surface area contributed by atoms with Crippen molar-refractivity contribution in [2.75, 3.05) is 27.3 Å². The molecular weight excluding hydrogens is 374 g/mol. The first-order valence-electron chi connectivity index (χ1n) is 8.73. The van der Waals surface area contributed by atoms with E-state index in [1.165, 1.54) is 0 Å².